The predicted octanol–water partition coefficient (Wildman–Crippen LogP) is 7.01. The molecule has 0 radical (unpaired) electrons. The molecule has 3 atom stereocenters. The maximum Gasteiger partial charge on any atom is 0.416 e. The average Bonchev–Trinajstić information content (AvgIpc) is 2.92. The number of hydrogen-bond acceptors (Lipinski definition) is 3. The first-order valence-corrected chi connectivity index (χ1v) is 13.5. The Kier molecular flexibility index (Phi) is 9.20. The molecule has 1 saturated carbocycles. The number of nitrogens with one attached hydrogen (secondary N) is 1. The van der Waals surface area contributed by atoms with E-state index in [2.05, 4.69) is 5.32 Å². The van der Waals surface area contributed by atoms with E-state index in [4.69, 9.17) is 9.84 Å². The van der Waals surface area contributed by atoms with Gasteiger partial charge in [0, 0.05) is 31.0 Å². The van der Waals surface area contributed by atoms with Gasteiger partial charge in [-0.3, -0.25) is 4.79 Å². The lowest BCUT2D eigenvalue weighted by Crippen LogP contribution is -2.49. The second kappa shape index (κ2) is 12.3. The molecule has 12 heteroatoms. The van der Waals surface area contributed by atoms with Crippen molar-refractivity contribution in [2.45, 2.75) is 75.5 Å². The molecule has 2 fully saturated rings. The fourth-order valence-electron chi connectivity index (χ4n) is 5.79. The summed E-state index contributed by atoms with van der Waals surface area (Å²) in [5, 5.41) is 11.4. The van der Waals surface area contributed by atoms with E-state index in [9.17, 15) is 35.9 Å². The molecule has 2 N–H and O–H groups in total. The summed E-state index contributed by atoms with van der Waals surface area (Å²) in [5.74, 6) is -0.645. The summed E-state index contributed by atoms with van der Waals surface area (Å²) in [6, 6.07) is 10.4. The minimum Gasteiger partial charge on any atom is -0.465 e. The van der Waals surface area contributed by atoms with Crippen LogP contribution in [-0.4, -0.2) is 47.2 Å². The van der Waals surface area contributed by atoms with Gasteiger partial charge in [-0.1, -0.05) is 30.3 Å². The van der Waals surface area contributed by atoms with E-state index >= 15 is 0 Å². The third-order valence-electron chi connectivity index (χ3n) is 7.95. The van der Waals surface area contributed by atoms with E-state index in [1.54, 1.807) is 4.90 Å². The van der Waals surface area contributed by atoms with Crippen molar-refractivity contribution in [3.05, 3.63) is 70.8 Å². The number of amides is 2. The van der Waals surface area contributed by atoms with Gasteiger partial charge in [0.1, 0.15) is 0 Å². The summed E-state index contributed by atoms with van der Waals surface area (Å²) < 4.78 is 86.7. The lowest BCUT2D eigenvalue weighted by atomic mass is 9.83. The average molecular weight is 587 g/mol. The monoisotopic (exact) mass is 586 g/mol. The number of alkyl halides is 6. The van der Waals surface area contributed by atoms with Crippen LogP contribution in [0.5, 0.6) is 0 Å². The molecule has 41 heavy (non-hydrogen) atoms. The van der Waals surface area contributed by atoms with Crippen molar-refractivity contribution >= 4 is 12.0 Å². The number of rotatable bonds is 6. The minimum atomic E-state index is -4.96. The Morgan fingerprint density at radius 2 is 1.51 bits per heavy atom. The lowest BCUT2D eigenvalue weighted by molar-refractivity contribution is -0.143. The summed E-state index contributed by atoms with van der Waals surface area (Å²) >= 11 is 0. The molecule has 2 aromatic rings. The molecular weight excluding hydrogens is 554 g/mol. The lowest BCUT2D eigenvalue weighted by Gasteiger charge is -2.41. The third-order valence-corrected chi connectivity index (χ3v) is 7.95. The number of carbonyl (C=O) groups is 2. The Morgan fingerprint density at radius 1 is 0.927 bits per heavy atom. The summed E-state index contributed by atoms with van der Waals surface area (Å²) in [5.41, 5.74) is -2.18. The van der Waals surface area contributed by atoms with E-state index in [1.165, 1.54) is 6.92 Å². The van der Waals surface area contributed by atoms with Crippen LogP contribution in [-0.2, 0) is 21.9 Å². The number of benzene rings is 2. The highest BCUT2D eigenvalue weighted by Gasteiger charge is 2.40. The second-order valence-electron chi connectivity index (χ2n) is 10.7. The molecule has 1 aliphatic heterocycles. The molecule has 0 unspecified atom stereocenters. The number of nitrogens with zero attached hydrogens (tertiary/aromatic N) is 1. The zero-order valence-electron chi connectivity index (χ0n) is 22.3. The number of piperidine rings is 1. The molecule has 6 nitrogen and oxygen atoms in total. The van der Waals surface area contributed by atoms with Crippen LogP contribution < -0.4 is 5.32 Å². The molecule has 0 aromatic heterocycles. The maximum atomic E-state index is 13.4. The summed E-state index contributed by atoms with van der Waals surface area (Å²) in [6.07, 6.45) is -10.1. The van der Waals surface area contributed by atoms with Gasteiger partial charge in [0.25, 0.3) is 0 Å². The van der Waals surface area contributed by atoms with Gasteiger partial charge in [0.15, 0.2) is 0 Å². The Bertz CT molecular complexity index is 1180. The van der Waals surface area contributed by atoms with Crippen molar-refractivity contribution in [2.75, 3.05) is 13.1 Å². The van der Waals surface area contributed by atoms with Gasteiger partial charge >= 0.3 is 18.4 Å². The van der Waals surface area contributed by atoms with Gasteiger partial charge in [-0.05, 0) is 68.4 Å². The van der Waals surface area contributed by atoms with Crippen LogP contribution in [0.3, 0.4) is 0 Å². The second-order valence-corrected chi connectivity index (χ2v) is 10.7. The number of hydrogen-bond donors (Lipinski definition) is 2. The van der Waals surface area contributed by atoms with Crippen LogP contribution in [0.2, 0.25) is 0 Å². The molecule has 2 aromatic carbocycles. The largest absolute Gasteiger partial charge is 0.465 e. The summed E-state index contributed by atoms with van der Waals surface area (Å²) in [4.78, 5) is 26.1. The molecular formula is C29H32F6N2O4. The number of likely N-dealkylation sites (tertiary alicyclic amines) is 1. The smallest absolute Gasteiger partial charge is 0.416 e. The van der Waals surface area contributed by atoms with Gasteiger partial charge in [0.05, 0.1) is 23.3 Å². The highest BCUT2D eigenvalue weighted by atomic mass is 19.4. The van der Waals surface area contributed by atoms with Crippen LogP contribution in [0.4, 0.5) is 31.1 Å². The Balaban J connectivity index is 1.51. The van der Waals surface area contributed by atoms with Gasteiger partial charge in [-0.25, -0.2) is 4.79 Å². The molecule has 0 bridgehead atoms. The standard InChI is InChI=1S/C29H32F6N2O4/c1-17(20-13-21(28(30,31)32)15-22(14-20)29(33,34)35)41-25-11-12-37(16-24(25)18-5-3-2-4-6-18)26(38)19-7-9-23(10-8-19)36-27(39)40/h2-6,13-15,17,19,23-25,36H,7-12,16H2,1H3,(H,39,40)/t17-,19?,23?,24+,25+/m1/s1. The summed E-state index contributed by atoms with van der Waals surface area (Å²) in [6.45, 7) is 2.03. The van der Waals surface area contributed by atoms with Gasteiger partial charge in [-0.2, -0.15) is 26.3 Å². The van der Waals surface area contributed by atoms with E-state index in [-0.39, 0.29) is 42.0 Å². The molecule has 2 aliphatic rings. The van der Waals surface area contributed by atoms with Crippen molar-refractivity contribution < 1.29 is 45.8 Å². The normalized spacial score (nSPS) is 24.5. The number of ether oxygens (including phenoxy) is 1. The molecule has 0 spiro atoms. The maximum absolute atomic E-state index is 13.4. The molecule has 4 rings (SSSR count). The number of carbonyl (C=O) groups excluding carboxylic acids is 1. The van der Waals surface area contributed by atoms with Crippen molar-refractivity contribution in [1.29, 1.82) is 0 Å². The highest BCUT2D eigenvalue weighted by molar-refractivity contribution is 5.79. The van der Waals surface area contributed by atoms with E-state index < -0.39 is 41.8 Å². The van der Waals surface area contributed by atoms with Gasteiger partial charge < -0.3 is 20.1 Å². The van der Waals surface area contributed by atoms with E-state index in [1.807, 2.05) is 30.3 Å². The SMILES string of the molecule is C[C@@H](O[C@H]1CCN(C(=O)C2CCC(NC(=O)O)CC2)C[C@H]1c1ccccc1)c1cc(C(F)(F)F)cc(C(F)(F)F)c1. The van der Waals surface area contributed by atoms with Crippen LogP contribution in [0.25, 0.3) is 0 Å². The van der Waals surface area contributed by atoms with Crippen molar-refractivity contribution in [3.63, 3.8) is 0 Å². The first-order valence-electron chi connectivity index (χ1n) is 13.5. The zero-order valence-corrected chi connectivity index (χ0v) is 22.3. The van der Waals surface area contributed by atoms with E-state index in [0.29, 0.717) is 50.8 Å². The Hall–Kier alpha value is -3.28. The zero-order chi connectivity index (χ0) is 29.9. The molecule has 2 amide bonds. The van der Waals surface area contributed by atoms with Crippen molar-refractivity contribution in [1.82, 2.24) is 10.2 Å². The molecule has 1 saturated heterocycles. The first kappa shape index (κ1) is 30.7. The van der Waals surface area contributed by atoms with Crippen LogP contribution >= 0.6 is 0 Å². The van der Waals surface area contributed by atoms with Crippen molar-refractivity contribution in [3.8, 4) is 0 Å². The van der Waals surface area contributed by atoms with Crippen LogP contribution in [0, 0.1) is 5.92 Å². The molecule has 1 aliphatic carbocycles. The van der Waals surface area contributed by atoms with E-state index in [0.717, 1.165) is 5.56 Å². The predicted molar refractivity (Wildman–Crippen MR) is 137 cm³/mol. The minimum absolute atomic E-state index is 0.0427. The fraction of sp³-hybridized carbons (Fsp3) is 0.517. The number of halogens is 6. The topological polar surface area (TPSA) is 78.9 Å². The van der Waals surface area contributed by atoms with Gasteiger partial charge in [-0.15, -0.1) is 0 Å². The van der Waals surface area contributed by atoms with Crippen LogP contribution in [0.15, 0.2) is 48.5 Å². The van der Waals surface area contributed by atoms with Crippen molar-refractivity contribution in [2.24, 2.45) is 5.92 Å². The summed E-state index contributed by atoms with van der Waals surface area (Å²) in [7, 11) is 0. The Morgan fingerprint density at radius 3 is 2.05 bits per heavy atom. The van der Waals surface area contributed by atoms with Crippen LogP contribution in [0.1, 0.15) is 73.3 Å². The fourth-order valence-corrected chi connectivity index (χ4v) is 5.79. The molecule has 1 heterocycles. The quantitative estimate of drug-likeness (QED) is 0.357. The first-order chi connectivity index (χ1) is 19.2. The third kappa shape index (κ3) is 7.72. The van der Waals surface area contributed by atoms with Gasteiger partial charge in [0.2, 0.25) is 5.91 Å². The number of carboxylic acid groups (broad SMARTS) is 1. The highest BCUT2D eigenvalue weighted by Crippen LogP contribution is 2.40. The Labute approximate surface area is 233 Å². The molecule has 224 valence electrons.